The molecular weight excluding hydrogens is 245 g/mol. The van der Waals surface area contributed by atoms with Crippen molar-refractivity contribution in [3.05, 3.63) is 29.1 Å². The maximum absolute atomic E-state index is 13.5. The normalized spacial score (nSPS) is 13.4. The molecule has 0 radical (unpaired) electrons. The highest BCUT2D eigenvalue weighted by Gasteiger charge is 2.13. The summed E-state index contributed by atoms with van der Waals surface area (Å²) < 4.78 is 24.8. The van der Waals surface area contributed by atoms with Gasteiger partial charge in [-0.15, -0.1) is 0 Å². The quantitative estimate of drug-likeness (QED) is 0.834. The van der Waals surface area contributed by atoms with E-state index < -0.39 is 0 Å². The topological polar surface area (TPSA) is 44.5 Å². The van der Waals surface area contributed by atoms with Crippen molar-refractivity contribution in [2.75, 3.05) is 13.2 Å². The zero-order valence-corrected chi connectivity index (χ0v) is 12.4. The molecule has 1 atom stereocenters. The number of halogens is 1. The summed E-state index contributed by atoms with van der Waals surface area (Å²) in [6.45, 7) is 10.4. The van der Waals surface area contributed by atoms with Gasteiger partial charge in [-0.25, -0.2) is 4.39 Å². The molecule has 0 aliphatic heterocycles. The number of ether oxygens (including phenoxy) is 2. The van der Waals surface area contributed by atoms with Gasteiger partial charge in [-0.2, -0.15) is 0 Å². The molecule has 0 amide bonds. The van der Waals surface area contributed by atoms with Crippen molar-refractivity contribution >= 4 is 0 Å². The Morgan fingerprint density at radius 3 is 2.42 bits per heavy atom. The summed E-state index contributed by atoms with van der Waals surface area (Å²) in [6.07, 6.45) is 0. The molecule has 1 rings (SSSR count). The maximum atomic E-state index is 13.5. The first-order valence-electron chi connectivity index (χ1n) is 6.53. The Balaban J connectivity index is 2.69. The van der Waals surface area contributed by atoms with Crippen LogP contribution in [0.5, 0.6) is 5.75 Å². The molecule has 0 spiro atoms. The average Bonchev–Trinajstić information content (AvgIpc) is 2.27. The molecule has 1 aromatic rings. The Labute approximate surface area is 114 Å². The smallest absolute Gasteiger partial charge is 0.126 e. The van der Waals surface area contributed by atoms with Gasteiger partial charge < -0.3 is 15.2 Å². The van der Waals surface area contributed by atoms with E-state index in [-0.39, 0.29) is 17.5 Å². The van der Waals surface area contributed by atoms with Gasteiger partial charge in [0.05, 0.1) is 12.2 Å². The third kappa shape index (κ3) is 5.17. The number of benzene rings is 1. The average molecular weight is 269 g/mol. The molecule has 0 aliphatic carbocycles. The molecule has 19 heavy (non-hydrogen) atoms. The van der Waals surface area contributed by atoms with Crippen molar-refractivity contribution in [2.45, 2.75) is 46.3 Å². The summed E-state index contributed by atoms with van der Waals surface area (Å²) in [6, 6.07) is 2.86. The van der Waals surface area contributed by atoms with Crippen LogP contribution in [0.1, 0.15) is 44.9 Å². The lowest BCUT2D eigenvalue weighted by molar-refractivity contribution is -0.0164. The van der Waals surface area contributed by atoms with Crippen molar-refractivity contribution in [3.63, 3.8) is 0 Å². The zero-order chi connectivity index (χ0) is 14.6. The Morgan fingerprint density at radius 2 is 1.89 bits per heavy atom. The molecule has 0 saturated carbocycles. The van der Waals surface area contributed by atoms with Crippen LogP contribution < -0.4 is 10.5 Å². The molecule has 0 heterocycles. The van der Waals surface area contributed by atoms with Crippen LogP contribution in [-0.4, -0.2) is 18.8 Å². The van der Waals surface area contributed by atoms with Crippen LogP contribution in [0, 0.1) is 12.7 Å². The van der Waals surface area contributed by atoms with Gasteiger partial charge in [0, 0.05) is 11.6 Å². The summed E-state index contributed by atoms with van der Waals surface area (Å²) in [4.78, 5) is 0. The van der Waals surface area contributed by atoms with E-state index in [1.54, 1.807) is 13.0 Å². The van der Waals surface area contributed by atoms with E-state index in [2.05, 4.69) is 0 Å². The van der Waals surface area contributed by atoms with Crippen LogP contribution in [0.4, 0.5) is 4.39 Å². The maximum Gasteiger partial charge on any atom is 0.126 e. The minimum atomic E-state index is -0.270. The highest BCUT2D eigenvalue weighted by molar-refractivity contribution is 5.39. The Kier molecular flexibility index (Phi) is 5.32. The van der Waals surface area contributed by atoms with E-state index in [9.17, 15) is 4.39 Å². The van der Waals surface area contributed by atoms with E-state index >= 15 is 0 Å². The van der Waals surface area contributed by atoms with Crippen molar-refractivity contribution in [1.82, 2.24) is 0 Å². The summed E-state index contributed by atoms with van der Waals surface area (Å²) in [5, 5.41) is 0. The molecule has 1 aromatic carbocycles. The second-order valence-corrected chi connectivity index (χ2v) is 5.74. The Morgan fingerprint density at radius 1 is 1.26 bits per heavy atom. The lowest BCUT2D eigenvalue weighted by Crippen LogP contribution is -2.22. The minimum Gasteiger partial charge on any atom is -0.491 e. The standard InChI is InChI=1S/C15H24FNO2/c1-10-8-14(12(11(2)17)9-13(10)16)18-6-7-19-15(3,4)5/h8-9,11H,6-7,17H2,1-5H3/t11-/m1/s1. The van der Waals surface area contributed by atoms with Crippen LogP contribution in [0.3, 0.4) is 0 Å². The van der Waals surface area contributed by atoms with Crippen LogP contribution in [0.15, 0.2) is 12.1 Å². The minimum absolute atomic E-state index is 0.188. The van der Waals surface area contributed by atoms with Crippen LogP contribution in [0.2, 0.25) is 0 Å². The highest BCUT2D eigenvalue weighted by atomic mass is 19.1. The number of hydrogen-bond acceptors (Lipinski definition) is 3. The second kappa shape index (κ2) is 6.35. The number of rotatable bonds is 5. The van der Waals surface area contributed by atoms with Crippen LogP contribution in [0.25, 0.3) is 0 Å². The SMILES string of the molecule is Cc1cc(OCCOC(C)(C)C)c([C@@H](C)N)cc1F. The fourth-order valence-corrected chi connectivity index (χ4v) is 1.65. The fourth-order valence-electron chi connectivity index (χ4n) is 1.65. The third-order valence-electron chi connectivity index (χ3n) is 2.66. The van der Waals surface area contributed by atoms with E-state index in [1.807, 2.05) is 27.7 Å². The van der Waals surface area contributed by atoms with Crippen molar-refractivity contribution < 1.29 is 13.9 Å². The zero-order valence-electron chi connectivity index (χ0n) is 12.4. The van der Waals surface area contributed by atoms with Crippen molar-refractivity contribution in [3.8, 4) is 5.75 Å². The number of hydrogen-bond donors (Lipinski definition) is 1. The Hall–Kier alpha value is -1.13. The molecule has 0 saturated heterocycles. The van der Waals surface area contributed by atoms with Gasteiger partial charge in [0.1, 0.15) is 18.2 Å². The predicted octanol–water partition coefficient (Wildman–Crippen LogP) is 3.35. The number of nitrogens with two attached hydrogens (primary N) is 1. The van der Waals surface area contributed by atoms with Gasteiger partial charge in [0.15, 0.2) is 0 Å². The van der Waals surface area contributed by atoms with E-state index in [4.69, 9.17) is 15.2 Å². The van der Waals surface area contributed by atoms with Crippen LogP contribution >= 0.6 is 0 Å². The molecule has 0 unspecified atom stereocenters. The molecule has 3 nitrogen and oxygen atoms in total. The molecule has 0 fully saturated rings. The van der Waals surface area contributed by atoms with Gasteiger partial charge in [0.25, 0.3) is 0 Å². The second-order valence-electron chi connectivity index (χ2n) is 5.74. The summed E-state index contributed by atoms with van der Waals surface area (Å²) in [7, 11) is 0. The van der Waals surface area contributed by atoms with E-state index in [0.717, 1.165) is 0 Å². The van der Waals surface area contributed by atoms with Gasteiger partial charge in [-0.05, 0) is 52.3 Å². The predicted molar refractivity (Wildman–Crippen MR) is 74.9 cm³/mol. The van der Waals surface area contributed by atoms with Gasteiger partial charge >= 0.3 is 0 Å². The first-order chi connectivity index (χ1) is 8.70. The summed E-state index contributed by atoms with van der Waals surface area (Å²) >= 11 is 0. The molecule has 108 valence electrons. The molecule has 4 heteroatoms. The van der Waals surface area contributed by atoms with E-state index in [0.29, 0.717) is 30.1 Å². The van der Waals surface area contributed by atoms with Crippen molar-refractivity contribution in [1.29, 1.82) is 0 Å². The number of aryl methyl sites for hydroxylation is 1. The first-order valence-corrected chi connectivity index (χ1v) is 6.53. The molecule has 0 bridgehead atoms. The third-order valence-corrected chi connectivity index (χ3v) is 2.66. The van der Waals surface area contributed by atoms with E-state index in [1.165, 1.54) is 6.07 Å². The lowest BCUT2D eigenvalue weighted by Gasteiger charge is -2.20. The summed E-state index contributed by atoms with van der Waals surface area (Å²) in [5.41, 5.74) is 6.87. The van der Waals surface area contributed by atoms with Gasteiger partial charge in [0.2, 0.25) is 0 Å². The monoisotopic (exact) mass is 269 g/mol. The molecule has 0 aliphatic rings. The molecular formula is C15H24FNO2. The van der Waals surface area contributed by atoms with Gasteiger partial charge in [-0.3, -0.25) is 0 Å². The summed E-state index contributed by atoms with van der Waals surface area (Å²) in [5.74, 6) is 0.372. The van der Waals surface area contributed by atoms with Gasteiger partial charge in [-0.1, -0.05) is 0 Å². The van der Waals surface area contributed by atoms with Crippen LogP contribution in [-0.2, 0) is 4.74 Å². The lowest BCUT2D eigenvalue weighted by atomic mass is 10.1. The molecule has 0 aromatic heterocycles. The first kappa shape index (κ1) is 15.9. The molecule has 2 N–H and O–H groups in total. The highest BCUT2D eigenvalue weighted by Crippen LogP contribution is 2.27. The Bertz CT molecular complexity index is 425. The fraction of sp³-hybridized carbons (Fsp3) is 0.600. The van der Waals surface area contributed by atoms with Crippen molar-refractivity contribution in [2.24, 2.45) is 5.73 Å². The largest absolute Gasteiger partial charge is 0.491 e.